The molecule has 1 aromatic carbocycles. The first kappa shape index (κ1) is 21.1. The van der Waals surface area contributed by atoms with E-state index in [1.807, 2.05) is 36.1 Å². The first-order valence-corrected chi connectivity index (χ1v) is 11.9. The van der Waals surface area contributed by atoms with E-state index in [0.29, 0.717) is 11.5 Å². The van der Waals surface area contributed by atoms with Gasteiger partial charge in [-0.3, -0.25) is 9.59 Å². The van der Waals surface area contributed by atoms with Crippen molar-refractivity contribution in [3.05, 3.63) is 51.4 Å². The molecule has 0 radical (unpaired) electrons. The van der Waals surface area contributed by atoms with Crippen LogP contribution in [0.1, 0.15) is 76.8 Å². The number of hydrogen-bond acceptors (Lipinski definition) is 3. The minimum Gasteiger partial charge on any atom is -0.339 e. The topological polar surface area (TPSA) is 49.4 Å². The molecule has 0 bridgehead atoms. The molecule has 2 heterocycles. The van der Waals surface area contributed by atoms with Crippen molar-refractivity contribution in [1.82, 2.24) is 4.90 Å². The fraction of sp³-hybridized carbons (Fsp3) is 0.520. The number of aryl methyl sites for hydroxylation is 1. The van der Waals surface area contributed by atoms with Gasteiger partial charge in [0.25, 0.3) is 11.8 Å². The quantitative estimate of drug-likeness (QED) is 0.687. The second-order valence-electron chi connectivity index (χ2n) is 9.83. The molecule has 2 aromatic rings. The molecule has 160 valence electrons. The van der Waals surface area contributed by atoms with Gasteiger partial charge in [0.2, 0.25) is 0 Å². The van der Waals surface area contributed by atoms with Crippen molar-refractivity contribution in [3.8, 4) is 0 Å². The number of nitrogens with one attached hydrogen (secondary N) is 1. The zero-order valence-electron chi connectivity index (χ0n) is 18.5. The highest BCUT2D eigenvalue weighted by Crippen LogP contribution is 2.45. The Morgan fingerprint density at radius 2 is 1.77 bits per heavy atom. The van der Waals surface area contributed by atoms with Crippen LogP contribution >= 0.6 is 11.3 Å². The van der Waals surface area contributed by atoms with Crippen LogP contribution in [0.5, 0.6) is 0 Å². The number of nitrogens with zero attached hydrogens (tertiary/aromatic N) is 1. The average Bonchev–Trinajstić information content (AvgIpc) is 3.34. The Balaban J connectivity index is 1.68. The zero-order valence-corrected chi connectivity index (χ0v) is 19.3. The molecule has 4 rings (SSSR count). The third-order valence-corrected chi connectivity index (χ3v) is 7.81. The van der Waals surface area contributed by atoms with Crippen LogP contribution in [-0.2, 0) is 12.8 Å². The van der Waals surface area contributed by atoms with Gasteiger partial charge in [0.15, 0.2) is 0 Å². The van der Waals surface area contributed by atoms with Crippen LogP contribution in [0.15, 0.2) is 24.3 Å². The number of anilines is 1. The molecule has 4 nitrogen and oxygen atoms in total. The summed E-state index contributed by atoms with van der Waals surface area (Å²) in [6, 6.07) is 7.57. The fourth-order valence-corrected chi connectivity index (χ4v) is 5.91. The van der Waals surface area contributed by atoms with E-state index in [9.17, 15) is 9.59 Å². The van der Waals surface area contributed by atoms with Gasteiger partial charge < -0.3 is 10.2 Å². The van der Waals surface area contributed by atoms with Crippen molar-refractivity contribution in [2.75, 3.05) is 18.4 Å². The van der Waals surface area contributed by atoms with Crippen molar-refractivity contribution < 1.29 is 9.59 Å². The molecular weight excluding hydrogens is 392 g/mol. The summed E-state index contributed by atoms with van der Waals surface area (Å²) >= 11 is 1.62. The number of carbonyl (C=O) groups excluding carboxylic acids is 2. The monoisotopic (exact) mass is 424 g/mol. The molecule has 2 amide bonds. The molecule has 0 saturated carbocycles. The predicted octanol–water partition coefficient (Wildman–Crippen LogP) is 5.70. The number of rotatable bonds is 3. The number of thiophene rings is 1. The van der Waals surface area contributed by atoms with Crippen LogP contribution in [0.3, 0.4) is 0 Å². The Kier molecular flexibility index (Phi) is 5.75. The SMILES string of the molecule is Cc1ccc(C(=O)Nc2sc3c(c2C(=O)N2CCCC2)CCC(C(C)(C)C)C3)cc1. The summed E-state index contributed by atoms with van der Waals surface area (Å²) < 4.78 is 0. The van der Waals surface area contributed by atoms with E-state index < -0.39 is 0 Å². The zero-order chi connectivity index (χ0) is 21.5. The van der Waals surface area contributed by atoms with Gasteiger partial charge in [0.05, 0.1) is 5.56 Å². The van der Waals surface area contributed by atoms with Gasteiger partial charge in [0, 0.05) is 23.5 Å². The van der Waals surface area contributed by atoms with Crippen LogP contribution in [0, 0.1) is 18.3 Å². The fourth-order valence-electron chi connectivity index (χ4n) is 4.60. The van der Waals surface area contributed by atoms with Gasteiger partial charge in [-0.2, -0.15) is 0 Å². The molecule has 1 aromatic heterocycles. The van der Waals surface area contributed by atoms with Crippen molar-refractivity contribution >= 4 is 28.2 Å². The maximum absolute atomic E-state index is 13.4. The van der Waals surface area contributed by atoms with Gasteiger partial charge in [-0.1, -0.05) is 38.5 Å². The maximum atomic E-state index is 13.4. The van der Waals surface area contributed by atoms with Crippen molar-refractivity contribution in [2.45, 2.75) is 59.8 Å². The first-order valence-electron chi connectivity index (χ1n) is 11.1. The normalized spacial score (nSPS) is 18.9. The van der Waals surface area contributed by atoms with Crippen LogP contribution in [0.2, 0.25) is 0 Å². The molecular formula is C25H32N2O2S. The third-order valence-electron chi connectivity index (χ3n) is 6.64. The second kappa shape index (κ2) is 8.18. The summed E-state index contributed by atoms with van der Waals surface area (Å²) in [6.45, 7) is 10.5. The summed E-state index contributed by atoms with van der Waals surface area (Å²) in [5.74, 6) is 0.550. The molecule has 1 N–H and O–H groups in total. The lowest BCUT2D eigenvalue weighted by Crippen LogP contribution is -2.30. The number of amides is 2. The van der Waals surface area contributed by atoms with E-state index in [1.165, 1.54) is 10.4 Å². The highest BCUT2D eigenvalue weighted by Gasteiger charge is 2.35. The Morgan fingerprint density at radius 3 is 2.40 bits per heavy atom. The minimum absolute atomic E-state index is 0.0958. The number of fused-ring (bicyclic) bond motifs is 1. The molecule has 1 aliphatic heterocycles. The molecule has 2 aliphatic rings. The third kappa shape index (κ3) is 4.18. The highest BCUT2D eigenvalue weighted by atomic mass is 32.1. The molecule has 30 heavy (non-hydrogen) atoms. The predicted molar refractivity (Wildman–Crippen MR) is 124 cm³/mol. The second-order valence-corrected chi connectivity index (χ2v) is 10.9. The number of hydrogen-bond donors (Lipinski definition) is 1. The van der Waals surface area contributed by atoms with E-state index in [4.69, 9.17) is 0 Å². The molecule has 5 heteroatoms. The summed E-state index contributed by atoms with van der Waals surface area (Å²) in [5, 5.41) is 3.83. The van der Waals surface area contributed by atoms with E-state index in [0.717, 1.165) is 61.3 Å². The largest absolute Gasteiger partial charge is 0.339 e. The maximum Gasteiger partial charge on any atom is 0.257 e. The lowest BCUT2D eigenvalue weighted by molar-refractivity contribution is 0.0792. The molecule has 1 atom stereocenters. The Labute approximate surface area is 183 Å². The first-order chi connectivity index (χ1) is 14.2. The summed E-state index contributed by atoms with van der Waals surface area (Å²) in [6.07, 6.45) is 5.14. The lowest BCUT2D eigenvalue weighted by atomic mass is 9.72. The summed E-state index contributed by atoms with van der Waals surface area (Å²) in [4.78, 5) is 29.6. The van der Waals surface area contributed by atoms with Gasteiger partial charge in [-0.05, 0) is 68.1 Å². The number of carbonyl (C=O) groups is 2. The van der Waals surface area contributed by atoms with Gasteiger partial charge in [-0.25, -0.2) is 0 Å². The van der Waals surface area contributed by atoms with Crippen LogP contribution in [0.25, 0.3) is 0 Å². The molecule has 1 aliphatic carbocycles. The Hall–Kier alpha value is -2.14. The minimum atomic E-state index is -0.142. The average molecular weight is 425 g/mol. The Morgan fingerprint density at radius 1 is 1.10 bits per heavy atom. The van der Waals surface area contributed by atoms with Crippen molar-refractivity contribution in [3.63, 3.8) is 0 Å². The highest BCUT2D eigenvalue weighted by molar-refractivity contribution is 7.17. The van der Waals surface area contributed by atoms with Gasteiger partial charge in [0.1, 0.15) is 5.00 Å². The van der Waals surface area contributed by atoms with E-state index in [1.54, 1.807) is 11.3 Å². The molecule has 1 unspecified atom stereocenters. The number of likely N-dealkylation sites (tertiary alicyclic amines) is 1. The van der Waals surface area contributed by atoms with Gasteiger partial charge >= 0.3 is 0 Å². The molecule has 0 spiro atoms. The molecule has 1 saturated heterocycles. The molecule has 1 fully saturated rings. The van der Waals surface area contributed by atoms with E-state index in [2.05, 4.69) is 26.1 Å². The van der Waals surface area contributed by atoms with Crippen LogP contribution in [-0.4, -0.2) is 29.8 Å². The van der Waals surface area contributed by atoms with Crippen molar-refractivity contribution in [1.29, 1.82) is 0 Å². The van der Waals surface area contributed by atoms with E-state index in [-0.39, 0.29) is 17.2 Å². The van der Waals surface area contributed by atoms with Crippen LogP contribution in [0.4, 0.5) is 5.00 Å². The summed E-state index contributed by atoms with van der Waals surface area (Å²) in [7, 11) is 0. The van der Waals surface area contributed by atoms with Crippen LogP contribution < -0.4 is 5.32 Å². The van der Waals surface area contributed by atoms with E-state index >= 15 is 0 Å². The smallest absolute Gasteiger partial charge is 0.257 e. The number of benzene rings is 1. The summed E-state index contributed by atoms with van der Waals surface area (Å²) in [5.41, 5.74) is 3.92. The van der Waals surface area contributed by atoms with Gasteiger partial charge in [-0.15, -0.1) is 11.3 Å². The standard InChI is InChI=1S/C25H32N2O2S/c1-16-7-9-17(10-8-16)22(28)26-23-21(24(29)27-13-5-6-14-27)19-12-11-18(25(2,3)4)15-20(19)30-23/h7-10,18H,5-6,11-15H2,1-4H3,(H,26,28). The lowest BCUT2D eigenvalue weighted by Gasteiger charge is -2.34. The Bertz CT molecular complexity index is 947. The van der Waals surface area contributed by atoms with Crippen molar-refractivity contribution in [2.24, 2.45) is 11.3 Å².